The lowest BCUT2D eigenvalue weighted by Crippen LogP contribution is -2.29. The second-order valence-corrected chi connectivity index (χ2v) is 4.56. The Labute approximate surface area is 110 Å². The van der Waals surface area contributed by atoms with Gasteiger partial charge in [-0.15, -0.1) is 0 Å². The summed E-state index contributed by atoms with van der Waals surface area (Å²) < 4.78 is 0. The van der Waals surface area contributed by atoms with E-state index in [1.165, 1.54) is 11.1 Å². The molecule has 0 bridgehead atoms. The monoisotopic (exact) mass is 250 g/mol. The molecule has 1 aromatic carbocycles. The van der Waals surface area contributed by atoms with Crippen LogP contribution in [0.5, 0.6) is 0 Å². The van der Waals surface area contributed by atoms with Gasteiger partial charge in [0, 0.05) is 38.3 Å². The van der Waals surface area contributed by atoms with Crippen LogP contribution in [0.15, 0.2) is 24.3 Å². The molecular formula is C14H26N4. The molecule has 4 heteroatoms. The molecule has 1 rings (SSSR count). The summed E-state index contributed by atoms with van der Waals surface area (Å²) in [6.07, 6.45) is 0. The zero-order valence-electron chi connectivity index (χ0n) is 11.4. The van der Waals surface area contributed by atoms with Gasteiger partial charge in [0.1, 0.15) is 0 Å². The van der Waals surface area contributed by atoms with E-state index in [0.717, 1.165) is 13.1 Å². The quantitative estimate of drug-likeness (QED) is 0.553. The van der Waals surface area contributed by atoms with Gasteiger partial charge in [-0.2, -0.15) is 0 Å². The summed E-state index contributed by atoms with van der Waals surface area (Å²) in [5, 5.41) is 6.84. The number of nitrogens with one attached hydrogen (secondary N) is 2. The van der Waals surface area contributed by atoms with E-state index in [1.54, 1.807) is 0 Å². The lowest BCUT2D eigenvalue weighted by Gasteiger charge is -2.22. The molecule has 0 saturated carbocycles. The second-order valence-electron chi connectivity index (χ2n) is 4.56. The van der Waals surface area contributed by atoms with Gasteiger partial charge in [0.2, 0.25) is 0 Å². The van der Waals surface area contributed by atoms with E-state index in [-0.39, 0.29) is 0 Å². The Morgan fingerprint density at radius 2 is 1.28 bits per heavy atom. The van der Waals surface area contributed by atoms with Crippen molar-refractivity contribution >= 4 is 0 Å². The van der Waals surface area contributed by atoms with Gasteiger partial charge in [-0.25, -0.2) is 0 Å². The third-order valence-corrected chi connectivity index (χ3v) is 3.12. The van der Waals surface area contributed by atoms with E-state index in [1.807, 2.05) is 0 Å². The maximum Gasteiger partial charge on any atom is 0.0295 e. The fraction of sp³-hybridized carbons (Fsp3) is 0.571. The lowest BCUT2D eigenvalue weighted by molar-refractivity contribution is 0.544. The third-order valence-electron chi connectivity index (χ3n) is 3.12. The van der Waals surface area contributed by atoms with Crippen molar-refractivity contribution in [1.82, 2.24) is 10.6 Å². The molecule has 0 radical (unpaired) electrons. The Morgan fingerprint density at radius 1 is 0.889 bits per heavy atom. The van der Waals surface area contributed by atoms with E-state index in [0.29, 0.717) is 25.2 Å². The third kappa shape index (κ3) is 4.38. The van der Waals surface area contributed by atoms with Crippen molar-refractivity contribution < 1.29 is 0 Å². The van der Waals surface area contributed by atoms with Crippen LogP contribution in [0.1, 0.15) is 37.1 Å². The predicted molar refractivity (Wildman–Crippen MR) is 77.4 cm³/mol. The molecule has 1 aromatic rings. The first kappa shape index (κ1) is 15.1. The Kier molecular flexibility index (Phi) is 6.90. The van der Waals surface area contributed by atoms with Crippen molar-refractivity contribution in [1.29, 1.82) is 0 Å². The van der Waals surface area contributed by atoms with Crippen molar-refractivity contribution in [3.05, 3.63) is 35.4 Å². The van der Waals surface area contributed by atoms with Gasteiger partial charge in [-0.1, -0.05) is 24.3 Å². The van der Waals surface area contributed by atoms with Gasteiger partial charge < -0.3 is 22.1 Å². The number of nitrogens with two attached hydrogens (primary N) is 2. The van der Waals surface area contributed by atoms with Crippen LogP contribution >= 0.6 is 0 Å². The van der Waals surface area contributed by atoms with Gasteiger partial charge in [0.05, 0.1) is 0 Å². The van der Waals surface area contributed by atoms with Crippen LogP contribution < -0.4 is 22.1 Å². The molecule has 4 nitrogen and oxygen atoms in total. The molecule has 2 unspecified atom stereocenters. The summed E-state index contributed by atoms with van der Waals surface area (Å²) in [4.78, 5) is 0. The molecule has 6 N–H and O–H groups in total. The van der Waals surface area contributed by atoms with Crippen LogP contribution in [0.25, 0.3) is 0 Å². The van der Waals surface area contributed by atoms with Crippen molar-refractivity contribution in [2.24, 2.45) is 11.5 Å². The summed E-state index contributed by atoms with van der Waals surface area (Å²) in [5.41, 5.74) is 13.7. The van der Waals surface area contributed by atoms with Crippen LogP contribution in [0.3, 0.4) is 0 Å². The molecular weight excluding hydrogens is 224 g/mol. The summed E-state index contributed by atoms with van der Waals surface area (Å²) in [7, 11) is 0. The van der Waals surface area contributed by atoms with Gasteiger partial charge in [0.25, 0.3) is 0 Å². The van der Waals surface area contributed by atoms with Crippen molar-refractivity contribution in [2.45, 2.75) is 25.9 Å². The molecule has 0 fully saturated rings. The largest absolute Gasteiger partial charge is 0.329 e. The Bertz CT molecular complexity index is 307. The SMILES string of the molecule is CC(NCCN)c1ccccc1C(C)NCCN. The zero-order valence-corrected chi connectivity index (χ0v) is 11.4. The van der Waals surface area contributed by atoms with Crippen LogP contribution in [-0.4, -0.2) is 26.2 Å². The molecule has 18 heavy (non-hydrogen) atoms. The fourth-order valence-electron chi connectivity index (χ4n) is 2.12. The van der Waals surface area contributed by atoms with Crippen LogP contribution in [0.4, 0.5) is 0 Å². The average molecular weight is 250 g/mol. The standard InChI is InChI=1S/C14H26N4/c1-11(17-9-7-15)13-5-3-4-6-14(13)12(2)18-10-8-16/h3-6,11-12,17-18H,7-10,15-16H2,1-2H3. The molecule has 0 aliphatic rings. The summed E-state index contributed by atoms with van der Waals surface area (Å²) in [5.74, 6) is 0. The van der Waals surface area contributed by atoms with Gasteiger partial charge in [-0.05, 0) is 25.0 Å². The predicted octanol–water partition coefficient (Wildman–Crippen LogP) is 0.905. The van der Waals surface area contributed by atoms with E-state index in [9.17, 15) is 0 Å². The first-order valence-corrected chi connectivity index (χ1v) is 6.66. The van der Waals surface area contributed by atoms with E-state index in [4.69, 9.17) is 11.5 Å². The normalized spacial score (nSPS) is 14.4. The summed E-state index contributed by atoms with van der Waals surface area (Å²) in [6.45, 7) is 7.33. The zero-order chi connectivity index (χ0) is 13.4. The van der Waals surface area contributed by atoms with Crippen molar-refractivity contribution in [2.75, 3.05) is 26.2 Å². The van der Waals surface area contributed by atoms with Gasteiger partial charge in [-0.3, -0.25) is 0 Å². The minimum Gasteiger partial charge on any atom is -0.329 e. The average Bonchev–Trinajstić information content (AvgIpc) is 2.42. The molecule has 0 amide bonds. The fourth-order valence-corrected chi connectivity index (χ4v) is 2.12. The first-order chi connectivity index (χ1) is 8.70. The lowest BCUT2D eigenvalue weighted by atomic mass is 9.96. The maximum atomic E-state index is 5.53. The second kappa shape index (κ2) is 8.21. The Hall–Kier alpha value is -0.940. The van der Waals surface area contributed by atoms with Crippen LogP contribution in [0, 0.1) is 0 Å². The highest BCUT2D eigenvalue weighted by Gasteiger charge is 2.13. The molecule has 2 atom stereocenters. The topological polar surface area (TPSA) is 76.1 Å². The molecule has 0 saturated heterocycles. The summed E-state index contributed by atoms with van der Waals surface area (Å²) in [6, 6.07) is 9.12. The van der Waals surface area contributed by atoms with Crippen molar-refractivity contribution in [3.8, 4) is 0 Å². The van der Waals surface area contributed by atoms with Gasteiger partial charge >= 0.3 is 0 Å². The maximum absolute atomic E-state index is 5.53. The van der Waals surface area contributed by atoms with E-state index in [2.05, 4.69) is 48.7 Å². The van der Waals surface area contributed by atoms with E-state index < -0.39 is 0 Å². The van der Waals surface area contributed by atoms with E-state index >= 15 is 0 Å². The number of hydrogen-bond donors (Lipinski definition) is 4. The summed E-state index contributed by atoms with van der Waals surface area (Å²) >= 11 is 0. The number of rotatable bonds is 8. The highest BCUT2D eigenvalue weighted by atomic mass is 14.9. The molecule has 0 aliphatic carbocycles. The van der Waals surface area contributed by atoms with Gasteiger partial charge in [0.15, 0.2) is 0 Å². The number of hydrogen-bond acceptors (Lipinski definition) is 4. The van der Waals surface area contributed by atoms with Crippen LogP contribution in [-0.2, 0) is 0 Å². The smallest absolute Gasteiger partial charge is 0.0295 e. The van der Waals surface area contributed by atoms with Crippen molar-refractivity contribution in [3.63, 3.8) is 0 Å². The minimum absolute atomic E-state index is 0.312. The molecule has 0 heterocycles. The highest BCUT2D eigenvalue weighted by molar-refractivity contribution is 5.32. The first-order valence-electron chi connectivity index (χ1n) is 6.66. The van der Waals surface area contributed by atoms with Crippen LogP contribution in [0.2, 0.25) is 0 Å². The minimum atomic E-state index is 0.312. The number of benzene rings is 1. The highest BCUT2D eigenvalue weighted by Crippen LogP contribution is 2.23. The molecule has 0 aromatic heterocycles. The Morgan fingerprint density at radius 3 is 1.61 bits per heavy atom. The molecule has 0 spiro atoms. The molecule has 102 valence electrons. The Balaban J connectivity index is 2.77. The molecule has 0 aliphatic heterocycles.